The van der Waals surface area contributed by atoms with Crippen molar-refractivity contribution in [1.82, 2.24) is 0 Å². The lowest BCUT2D eigenvalue weighted by atomic mass is 9.70. The molecule has 0 heterocycles. The average Bonchev–Trinajstić information content (AvgIpc) is 2.16. The number of aliphatic carboxylic acids is 1. The SMILES string of the molecule is [2H]OC(=O)C1CC(C)CCC1C(C)C. The zero-order chi connectivity index (χ0) is 10.7. The van der Waals surface area contributed by atoms with Crippen molar-refractivity contribution < 1.29 is 9.90 Å². The normalized spacial score (nSPS) is 35.7. The Hall–Kier alpha value is -0.530. The van der Waals surface area contributed by atoms with E-state index in [4.69, 9.17) is 1.43 Å². The van der Waals surface area contributed by atoms with Crippen LogP contribution >= 0.6 is 0 Å². The summed E-state index contributed by atoms with van der Waals surface area (Å²) in [6.07, 6.45) is 3.18. The number of carboxylic acids is 1. The van der Waals surface area contributed by atoms with Gasteiger partial charge in [-0.1, -0.05) is 27.2 Å². The zero-order valence-electron chi connectivity index (χ0n) is 9.75. The molecule has 1 fully saturated rings. The summed E-state index contributed by atoms with van der Waals surface area (Å²) in [6.45, 7) is 6.45. The molecule has 1 aliphatic rings. The van der Waals surface area contributed by atoms with E-state index >= 15 is 0 Å². The predicted octanol–water partition coefficient (Wildman–Crippen LogP) is 2.78. The lowest BCUT2D eigenvalue weighted by molar-refractivity contribution is -0.146. The fourth-order valence-electron chi connectivity index (χ4n) is 2.47. The number of rotatable bonds is 2. The van der Waals surface area contributed by atoms with Gasteiger partial charge in [-0.05, 0) is 30.6 Å². The first kappa shape index (κ1) is 9.04. The Bertz CT molecular complexity index is 203. The Kier molecular flexibility index (Phi) is 2.87. The van der Waals surface area contributed by atoms with Gasteiger partial charge in [-0.25, -0.2) is 0 Å². The van der Waals surface area contributed by atoms with Crippen molar-refractivity contribution in [2.24, 2.45) is 23.7 Å². The maximum Gasteiger partial charge on any atom is 0.306 e. The highest BCUT2D eigenvalue weighted by atomic mass is 16.4. The molecule has 0 aromatic rings. The molecule has 0 amide bonds. The highest BCUT2D eigenvalue weighted by Crippen LogP contribution is 2.37. The monoisotopic (exact) mass is 185 g/mol. The van der Waals surface area contributed by atoms with E-state index in [1.165, 1.54) is 6.42 Å². The molecular weight excluding hydrogens is 164 g/mol. The minimum Gasteiger partial charge on any atom is -0.481 e. The van der Waals surface area contributed by atoms with E-state index in [1.807, 2.05) is 0 Å². The van der Waals surface area contributed by atoms with E-state index in [0.717, 1.165) is 12.8 Å². The van der Waals surface area contributed by atoms with Crippen LogP contribution in [0, 0.1) is 23.7 Å². The maximum atomic E-state index is 11.4. The summed E-state index contributed by atoms with van der Waals surface area (Å²) in [5, 5.41) is 4.13. The molecule has 2 heteroatoms. The third kappa shape index (κ3) is 2.45. The molecule has 13 heavy (non-hydrogen) atoms. The molecule has 0 radical (unpaired) electrons. The molecule has 3 atom stereocenters. The molecule has 0 aromatic heterocycles. The summed E-state index contributed by atoms with van der Waals surface area (Å²) >= 11 is 0. The van der Waals surface area contributed by atoms with Crippen molar-refractivity contribution in [3.63, 3.8) is 0 Å². The van der Waals surface area contributed by atoms with Crippen LogP contribution in [0.3, 0.4) is 0 Å². The fourth-order valence-corrected chi connectivity index (χ4v) is 2.47. The summed E-state index contributed by atoms with van der Waals surface area (Å²) in [5.74, 6) is 1.12. The first-order chi connectivity index (χ1) is 6.56. The summed E-state index contributed by atoms with van der Waals surface area (Å²) in [5.41, 5.74) is 0. The first-order valence-corrected chi connectivity index (χ1v) is 5.23. The standard InChI is InChI=1S/C11H20O2/c1-7(2)9-5-4-8(3)6-10(9)11(12)13/h7-10H,4-6H2,1-3H3,(H,12,13)/i/hD. The van der Waals surface area contributed by atoms with E-state index in [-0.39, 0.29) is 11.9 Å². The van der Waals surface area contributed by atoms with Crippen LogP contribution < -0.4 is 0 Å². The van der Waals surface area contributed by atoms with Crippen LogP contribution in [0.5, 0.6) is 0 Å². The summed E-state index contributed by atoms with van der Waals surface area (Å²) in [7, 11) is 0. The van der Waals surface area contributed by atoms with Crippen molar-refractivity contribution in [3.05, 3.63) is 0 Å². The van der Waals surface area contributed by atoms with Gasteiger partial charge in [0.05, 0.1) is 5.92 Å². The van der Waals surface area contributed by atoms with Gasteiger partial charge < -0.3 is 5.11 Å². The van der Waals surface area contributed by atoms with Crippen LogP contribution in [-0.4, -0.2) is 11.1 Å². The molecule has 0 aromatic carbocycles. The lowest BCUT2D eigenvalue weighted by Crippen LogP contribution is -2.33. The Balaban J connectivity index is 2.68. The van der Waals surface area contributed by atoms with Crippen LogP contribution in [-0.2, 0) is 4.79 Å². The smallest absolute Gasteiger partial charge is 0.306 e. The quantitative estimate of drug-likeness (QED) is 0.718. The lowest BCUT2D eigenvalue weighted by Gasteiger charge is -2.34. The van der Waals surface area contributed by atoms with Gasteiger partial charge in [-0.2, -0.15) is 0 Å². The molecule has 1 saturated carbocycles. The van der Waals surface area contributed by atoms with Crippen LogP contribution in [0.1, 0.15) is 40.0 Å². The molecule has 76 valence electrons. The van der Waals surface area contributed by atoms with E-state index in [2.05, 4.69) is 25.9 Å². The van der Waals surface area contributed by atoms with Gasteiger partial charge in [0.2, 0.25) is 0 Å². The van der Waals surface area contributed by atoms with Gasteiger partial charge in [-0.15, -0.1) is 0 Å². The highest BCUT2D eigenvalue weighted by Gasteiger charge is 2.35. The molecule has 3 unspecified atom stereocenters. The van der Waals surface area contributed by atoms with Crippen LogP contribution in [0.15, 0.2) is 0 Å². The van der Waals surface area contributed by atoms with E-state index in [1.54, 1.807) is 0 Å². The number of carboxylic acid groups (broad SMARTS) is 1. The Morgan fingerprint density at radius 1 is 1.54 bits per heavy atom. The van der Waals surface area contributed by atoms with E-state index in [0.29, 0.717) is 17.8 Å². The topological polar surface area (TPSA) is 37.3 Å². The van der Waals surface area contributed by atoms with Crippen LogP contribution in [0.2, 0.25) is 0 Å². The minimum atomic E-state index is -0.338. The van der Waals surface area contributed by atoms with E-state index in [9.17, 15) is 4.79 Å². The van der Waals surface area contributed by atoms with Crippen molar-refractivity contribution in [1.29, 1.82) is 1.43 Å². The van der Waals surface area contributed by atoms with Gasteiger partial charge in [0, 0.05) is 0 Å². The van der Waals surface area contributed by atoms with Crippen LogP contribution in [0.25, 0.3) is 1.43 Å². The van der Waals surface area contributed by atoms with Gasteiger partial charge in [-0.3, -0.25) is 4.79 Å². The average molecular weight is 185 g/mol. The van der Waals surface area contributed by atoms with Crippen molar-refractivity contribution in [3.8, 4) is 0 Å². The molecular formula is C11H20O2. The summed E-state index contributed by atoms with van der Waals surface area (Å²) < 4.78 is 6.69. The summed E-state index contributed by atoms with van der Waals surface area (Å²) in [4.78, 5) is 11.4. The van der Waals surface area contributed by atoms with Gasteiger partial charge >= 0.3 is 5.97 Å². The number of hydrogen-bond acceptors (Lipinski definition) is 2. The Labute approximate surface area is 81.8 Å². The number of hydrogen-bond donors (Lipinski definition) is 1. The van der Waals surface area contributed by atoms with Crippen molar-refractivity contribution >= 4 is 5.97 Å². The molecule has 1 rings (SSSR count). The molecule has 1 aliphatic carbocycles. The zero-order valence-corrected chi connectivity index (χ0v) is 8.75. The second kappa shape index (κ2) is 4.12. The molecule has 1 N–H and O–H groups in total. The minimum absolute atomic E-state index is 0.0451. The molecule has 0 bridgehead atoms. The van der Waals surface area contributed by atoms with Gasteiger partial charge in [0.15, 0.2) is 0 Å². The van der Waals surface area contributed by atoms with Gasteiger partial charge in [0.25, 0.3) is 1.43 Å². The molecule has 2 nitrogen and oxygen atoms in total. The van der Waals surface area contributed by atoms with Crippen molar-refractivity contribution in [2.75, 3.05) is 0 Å². The molecule has 0 saturated heterocycles. The fraction of sp³-hybridized carbons (Fsp3) is 0.909. The maximum absolute atomic E-state index is 11.4. The molecule has 0 aliphatic heterocycles. The first-order valence-electron chi connectivity index (χ1n) is 5.64. The summed E-state index contributed by atoms with van der Waals surface area (Å²) in [6, 6.07) is 0. The predicted molar refractivity (Wildman–Crippen MR) is 52.5 cm³/mol. The van der Waals surface area contributed by atoms with Gasteiger partial charge in [0.1, 0.15) is 0 Å². The third-order valence-electron chi connectivity index (χ3n) is 3.32. The van der Waals surface area contributed by atoms with Crippen molar-refractivity contribution in [2.45, 2.75) is 40.0 Å². The Morgan fingerprint density at radius 2 is 2.23 bits per heavy atom. The third-order valence-corrected chi connectivity index (χ3v) is 3.32. The number of carbonyl (C=O) groups is 1. The van der Waals surface area contributed by atoms with E-state index < -0.39 is 0 Å². The van der Waals surface area contributed by atoms with Crippen LogP contribution in [0.4, 0.5) is 0 Å². The molecule has 0 spiro atoms. The second-order valence-corrected chi connectivity index (χ2v) is 4.75. The Morgan fingerprint density at radius 3 is 2.77 bits per heavy atom. The highest BCUT2D eigenvalue weighted by molar-refractivity contribution is 5.70. The largest absolute Gasteiger partial charge is 0.481 e. The second-order valence-electron chi connectivity index (χ2n) is 4.75.